The van der Waals surface area contributed by atoms with Gasteiger partial charge in [-0.15, -0.1) is 0 Å². The third-order valence-electron chi connectivity index (χ3n) is 0.614. The van der Waals surface area contributed by atoms with Gasteiger partial charge < -0.3 is 4.98 Å². The predicted octanol–water partition coefficient (Wildman–Crippen LogP) is 1.92. The normalized spacial score (nSPS) is 9.62. The molecule has 0 atom stereocenters. The maximum atomic E-state index is 4.79. The first-order valence-corrected chi connectivity index (χ1v) is 4.33. The number of thioether (sulfide) groups is 1. The predicted molar refractivity (Wildman–Crippen MR) is 39.1 cm³/mol. The zero-order chi connectivity index (χ0) is 5.98. The smallest absolute Gasteiger partial charge is 0.178 e. The molecule has 0 saturated carbocycles. The number of nitrogens with zero attached hydrogens (tertiary/aromatic N) is 1. The summed E-state index contributed by atoms with van der Waals surface area (Å²) in [6.45, 7) is 0. The van der Waals surface area contributed by atoms with Crippen LogP contribution in [0.4, 0.5) is 0 Å². The van der Waals surface area contributed by atoms with E-state index in [1.54, 1.807) is 11.8 Å². The summed E-state index contributed by atoms with van der Waals surface area (Å²) in [5.74, 6) is 0. The average Bonchev–Trinajstić information content (AvgIpc) is 2.14. The lowest BCUT2D eigenvalue weighted by Crippen LogP contribution is -1.66. The molecule has 0 aliphatic rings. The molecule has 44 valence electrons. The number of rotatable bonds is 1. The summed E-state index contributed by atoms with van der Waals surface area (Å²) in [5, 5.41) is 0.903. The van der Waals surface area contributed by atoms with E-state index in [0.717, 1.165) is 9.11 Å². The van der Waals surface area contributed by atoms with E-state index in [2.05, 4.69) is 9.36 Å². The second-order valence-corrected chi connectivity index (χ2v) is 3.34. The minimum atomic E-state index is 0.745. The largest absolute Gasteiger partial charge is 0.315 e. The second kappa shape index (κ2) is 2.61. The van der Waals surface area contributed by atoms with E-state index in [4.69, 9.17) is 12.2 Å². The molecule has 1 N–H and O–H groups in total. The zero-order valence-electron chi connectivity index (χ0n) is 4.17. The standard InChI is InChI=1S/C3H4N2S3/c1-7-2-4-3(6)8-5-2/h1H3,(H,4,5,6). The van der Waals surface area contributed by atoms with Gasteiger partial charge in [-0.25, -0.2) is 0 Å². The molecule has 1 heterocycles. The van der Waals surface area contributed by atoms with Crippen molar-refractivity contribution < 1.29 is 0 Å². The van der Waals surface area contributed by atoms with E-state index in [0.29, 0.717) is 0 Å². The summed E-state index contributed by atoms with van der Waals surface area (Å²) in [5.41, 5.74) is 0. The molecule has 0 amide bonds. The van der Waals surface area contributed by atoms with Crippen LogP contribution in [0.2, 0.25) is 0 Å². The maximum absolute atomic E-state index is 4.79. The highest BCUT2D eigenvalue weighted by Crippen LogP contribution is 2.09. The SMILES string of the molecule is CSc1nsc(=S)[nH]1. The first-order chi connectivity index (χ1) is 3.83. The zero-order valence-corrected chi connectivity index (χ0v) is 6.62. The van der Waals surface area contributed by atoms with E-state index >= 15 is 0 Å². The summed E-state index contributed by atoms with van der Waals surface area (Å²) >= 11 is 7.67. The molecule has 8 heavy (non-hydrogen) atoms. The molecule has 0 unspecified atom stereocenters. The van der Waals surface area contributed by atoms with Crippen molar-refractivity contribution in [1.82, 2.24) is 9.36 Å². The Morgan fingerprint density at radius 2 is 2.62 bits per heavy atom. The number of hydrogen-bond acceptors (Lipinski definition) is 4. The highest BCUT2D eigenvalue weighted by molar-refractivity contribution is 7.98. The van der Waals surface area contributed by atoms with Gasteiger partial charge >= 0.3 is 0 Å². The molecule has 0 aliphatic carbocycles. The van der Waals surface area contributed by atoms with Crippen LogP contribution in [0.25, 0.3) is 0 Å². The lowest BCUT2D eigenvalue weighted by molar-refractivity contribution is 1.07. The summed E-state index contributed by atoms with van der Waals surface area (Å²) in [6.07, 6.45) is 1.96. The van der Waals surface area contributed by atoms with Crippen molar-refractivity contribution in [1.29, 1.82) is 0 Å². The Hall–Kier alpha value is 0.130. The highest BCUT2D eigenvalue weighted by Gasteiger charge is 1.89. The van der Waals surface area contributed by atoms with Crippen LogP contribution in [0.3, 0.4) is 0 Å². The molecule has 0 saturated heterocycles. The molecule has 1 aromatic heterocycles. The Morgan fingerprint density at radius 3 is 2.88 bits per heavy atom. The third-order valence-corrected chi connectivity index (χ3v) is 2.18. The molecular formula is C3H4N2S3. The van der Waals surface area contributed by atoms with Crippen LogP contribution in [-0.2, 0) is 0 Å². The van der Waals surface area contributed by atoms with Crippen LogP contribution in [-0.4, -0.2) is 15.6 Å². The molecule has 0 radical (unpaired) electrons. The average molecular weight is 164 g/mol. The van der Waals surface area contributed by atoms with E-state index in [-0.39, 0.29) is 0 Å². The number of aromatic nitrogens is 2. The van der Waals surface area contributed by atoms with Crippen molar-refractivity contribution in [3.63, 3.8) is 0 Å². The Morgan fingerprint density at radius 1 is 1.88 bits per heavy atom. The molecule has 5 heteroatoms. The molecular weight excluding hydrogens is 160 g/mol. The maximum Gasteiger partial charge on any atom is 0.178 e. The highest BCUT2D eigenvalue weighted by atomic mass is 32.2. The minimum absolute atomic E-state index is 0.745. The fourth-order valence-corrected chi connectivity index (χ4v) is 1.61. The van der Waals surface area contributed by atoms with Gasteiger partial charge in [0.25, 0.3) is 0 Å². The van der Waals surface area contributed by atoms with Crippen LogP contribution < -0.4 is 0 Å². The number of nitrogens with one attached hydrogen (secondary N) is 1. The van der Waals surface area contributed by atoms with E-state index in [1.807, 2.05) is 6.26 Å². The molecule has 0 spiro atoms. The van der Waals surface area contributed by atoms with Crippen LogP contribution in [0.15, 0.2) is 5.16 Å². The molecule has 1 rings (SSSR count). The van der Waals surface area contributed by atoms with Crippen molar-refractivity contribution in [2.45, 2.75) is 5.16 Å². The Kier molecular flexibility index (Phi) is 2.04. The van der Waals surface area contributed by atoms with Crippen molar-refractivity contribution in [3.8, 4) is 0 Å². The molecule has 1 aromatic rings. The second-order valence-electron chi connectivity index (χ2n) is 1.10. The topological polar surface area (TPSA) is 28.7 Å². The molecule has 0 bridgehead atoms. The quantitative estimate of drug-likeness (QED) is 0.508. The molecule has 0 aliphatic heterocycles. The lowest BCUT2D eigenvalue weighted by atomic mass is 11.3. The number of hydrogen-bond donors (Lipinski definition) is 1. The van der Waals surface area contributed by atoms with Gasteiger partial charge in [0.05, 0.1) is 0 Å². The minimum Gasteiger partial charge on any atom is -0.315 e. The molecule has 0 aromatic carbocycles. The summed E-state index contributed by atoms with van der Waals surface area (Å²) in [7, 11) is 0. The van der Waals surface area contributed by atoms with Gasteiger partial charge in [-0.3, -0.25) is 0 Å². The van der Waals surface area contributed by atoms with Crippen molar-refractivity contribution in [3.05, 3.63) is 3.95 Å². The van der Waals surface area contributed by atoms with Crippen molar-refractivity contribution in [2.75, 3.05) is 6.26 Å². The molecule has 2 nitrogen and oxygen atoms in total. The Balaban J connectivity index is 3.01. The van der Waals surface area contributed by atoms with Crippen molar-refractivity contribution in [2.24, 2.45) is 0 Å². The van der Waals surface area contributed by atoms with Gasteiger partial charge in [-0.2, -0.15) is 4.37 Å². The van der Waals surface area contributed by atoms with Crippen LogP contribution in [0.5, 0.6) is 0 Å². The van der Waals surface area contributed by atoms with Gasteiger partial charge in [0.1, 0.15) is 0 Å². The summed E-state index contributed by atoms with van der Waals surface area (Å²) < 4.78 is 4.72. The summed E-state index contributed by atoms with van der Waals surface area (Å²) in [4.78, 5) is 2.91. The van der Waals surface area contributed by atoms with Crippen LogP contribution >= 0.6 is 35.5 Å². The van der Waals surface area contributed by atoms with Gasteiger partial charge in [0.15, 0.2) is 9.11 Å². The summed E-state index contributed by atoms with van der Waals surface area (Å²) in [6, 6.07) is 0. The lowest BCUT2D eigenvalue weighted by Gasteiger charge is -1.77. The van der Waals surface area contributed by atoms with E-state index in [9.17, 15) is 0 Å². The fourth-order valence-electron chi connectivity index (χ4n) is 0.304. The first kappa shape index (κ1) is 6.25. The van der Waals surface area contributed by atoms with E-state index in [1.165, 1.54) is 11.5 Å². The van der Waals surface area contributed by atoms with Crippen LogP contribution in [0.1, 0.15) is 0 Å². The van der Waals surface area contributed by atoms with Gasteiger partial charge in [0, 0.05) is 0 Å². The van der Waals surface area contributed by atoms with Gasteiger partial charge in [0.2, 0.25) is 0 Å². The van der Waals surface area contributed by atoms with Crippen LogP contribution in [0, 0.1) is 3.95 Å². The fraction of sp³-hybridized carbons (Fsp3) is 0.333. The number of aromatic amines is 1. The van der Waals surface area contributed by atoms with E-state index < -0.39 is 0 Å². The third kappa shape index (κ3) is 1.30. The Labute approximate surface area is 60.5 Å². The molecule has 0 fully saturated rings. The van der Waals surface area contributed by atoms with Gasteiger partial charge in [-0.1, -0.05) is 11.8 Å². The van der Waals surface area contributed by atoms with Crippen molar-refractivity contribution >= 4 is 35.5 Å². The monoisotopic (exact) mass is 164 g/mol. The Bertz CT molecular complexity index is 212. The number of H-pyrrole nitrogens is 1. The first-order valence-electron chi connectivity index (χ1n) is 1.93. The van der Waals surface area contributed by atoms with Gasteiger partial charge in [-0.05, 0) is 30.0 Å².